The van der Waals surface area contributed by atoms with Crippen LogP contribution < -0.4 is 0 Å². The quantitative estimate of drug-likeness (QED) is 0.333. The summed E-state index contributed by atoms with van der Waals surface area (Å²) >= 11 is 10.0. The van der Waals surface area contributed by atoms with E-state index in [1.807, 2.05) is 0 Å². The van der Waals surface area contributed by atoms with E-state index in [0.29, 0.717) is 0 Å². The lowest BCUT2D eigenvalue weighted by atomic mass is 10.9. The van der Waals surface area contributed by atoms with Crippen LogP contribution in [0.3, 0.4) is 0 Å². The Morgan fingerprint density at radius 3 is 1.83 bits per heavy atom. The first-order valence-electron chi connectivity index (χ1n) is 1.26. The lowest BCUT2D eigenvalue weighted by Gasteiger charge is -2.04. The Hall–Kier alpha value is 0.500. The summed E-state index contributed by atoms with van der Waals surface area (Å²) in [6.45, 7) is 1.30. The zero-order valence-corrected chi connectivity index (χ0v) is 4.62. The fourth-order valence-corrected chi connectivity index (χ4v) is 0. The lowest BCUT2D eigenvalue weighted by Crippen LogP contribution is -2.07. The van der Waals surface area contributed by atoms with Gasteiger partial charge in [0.15, 0.2) is 0 Å². The van der Waals surface area contributed by atoms with Crippen LogP contribution in [-0.2, 0) is 4.89 Å². The van der Waals surface area contributed by atoms with Crippen molar-refractivity contribution in [3.8, 4) is 0 Å². The molecule has 0 atom stereocenters. The third-order valence-corrected chi connectivity index (χ3v) is 0.298. The molecule has 0 fully saturated rings. The molecule has 0 bridgehead atoms. The van der Waals surface area contributed by atoms with Crippen molar-refractivity contribution in [2.45, 2.75) is 11.4 Å². The van der Waals surface area contributed by atoms with Crippen molar-refractivity contribution in [3.05, 3.63) is 0 Å². The average molecular weight is 131 g/mol. The van der Waals surface area contributed by atoms with Gasteiger partial charge in [-0.1, -0.05) is 23.2 Å². The standard InChI is InChI=1S/C2H4Cl2O2/c1-2(3,4)6-5/h5H,1H3. The fraction of sp³-hybridized carbons (Fsp3) is 1.00. The molecule has 0 radical (unpaired) electrons. The van der Waals surface area contributed by atoms with E-state index in [1.165, 1.54) is 6.92 Å². The molecule has 1 N–H and O–H groups in total. The van der Waals surface area contributed by atoms with Gasteiger partial charge in [-0.2, -0.15) is 4.89 Å². The second-order valence-electron chi connectivity index (χ2n) is 0.899. The molecular formula is C2H4Cl2O2. The molecule has 0 aromatic rings. The molecule has 38 valence electrons. The molecule has 0 aliphatic carbocycles. The molecule has 0 rings (SSSR count). The largest absolute Gasteiger partial charge is 0.249 e. The molecule has 0 aromatic carbocycles. The van der Waals surface area contributed by atoms with E-state index in [4.69, 9.17) is 28.5 Å². The van der Waals surface area contributed by atoms with Gasteiger partial charge in [0.2, 0.25) is 4.52 Å². The number of hydrogen-bond donors (Lipinski definition) is 1. The van der Waals surface area contributed by atoms with Crippen LogP contribution in [0, 0.1) is 0 Å². The van der Waals surface area contributed by atoms with Crippen LogP contribution in [0.5, 0.6) is 0 Å². The van der Waals surface area contributed by atoms with Gasteiger partial charge in [0.05, 0.1) is 0 Å². The molecule has 0 saturated heterocycles. The lowest BCUT2D eigenvalue weighted by molar-refractivity contribution is -0.265. The predicted molar refractivity (Wildman–Crippen MR) is 23.8 cm³/mol. The minimum atomic E-state index is -1.46. The van der Waals surface area contributed by atoms with Gasteiger partial charge in [0.1, 0.15) is 0 Å². The Morgan fingerprint density at radius 1 is 1.67 bits per heavy atom. The molecule has 0 aliphatic rings. The number of rotatable bonds is 1. The Morgan fingerprint density at radius 2 is 1.83 bits per heavy atom. The van der Waals surface area contributed by atoms with Gasteiger partial charge >= 0.3 is 0 Å². The summed E-state index contributed by atoms with van der Waals surface area (Å²) in [5.41, 5.74) is 0. The Bertz CT molecular complexity index is 39.3. The van der Waals surface area contributed by atoms with Crippen molar-refractivity contribution in [3.63, 3.8) is 0 Å². The molecule has 0 aliphatic heterocycles. The van der Waals surface area contributed by atoms with Gasteiger partial charge in [-0.05, 0) is 6.92 Å². The molecule has 6 heavy (non-hydrogen) atoms. The third kappa shape index (κ3) is 4.50. The molecule has 0 saturated carbocycles. The normalized spacial score (nSPS) is 12.0. The molecule has 0 amide bonds. The van der Waals surface area contributed by atoms with E-state index in [0.717, 1.165) is 0 Å². The summed E-state index contributed by atoms with van der Waals surface area (Å²) < 4.78 is -1.46. The summed E-state index contributed by atoms with van der Waals surface area (Å²) in [6.07, 6.45) is 0. The van der Waals surface area contributed by atoms with Gasteiger partial charge in [0, 0.05) is 0 Å². The smallest absolute Gasteiger partial charge is 0.246 e. The van der Waals surface area contributed by atoms with Gasteiger partial charge in [0.25, 0.3) is 0 Å². The fourth-order valence-electron chi connectivity index (χ4n) is 0. The first-order chi connectivity index (χ1) is 2.56. The monoisotopic (exact) mass is 130 g/mol. The van der Waals surface area contributed by atoms with Crippen molar-refractivity contribution >= 4 is 23.2 Å². The summed E-state index contributed by atoms with van der Waals surface area (Å²) in [7, 11) is 0. The molecule has 2 nitrogen and oxygen atoms in total. The SMILES string of the molecule is CC(Cl)(Cl)OO. The Labute approximate surface area is 45.5 Å². The minimum Gasteiger partial charge on any atom is -0.249 e. The van der Waals surface area contributed by atoms with E-state index in [9.17, 15) is 0 Å². The van der Waals surface area contributed by atoms with Crippen LogP contribution in [-0.4, -0.2) is 9.78 Å². The summed E-state index contributed by atoms with van der Waals surface area (Å²) in [4.78, 5) is 3.47. The van der Waals surface area contributed by atoms with Crippen LogP contribution in [0.25, 0.3) is 0 Å². The van der Waals surface area contributed by atoms with Crippen molar-refractivity contribution in [1.82, 2.24) is 0 Å². The minimum absolute atomic E-state index is 1.30. The summed E-state index contributed by atoms with van der Waals surface area (Å²) in [5.74, 6) is 0. The van der Waals surface area contributed by atoms with E-state index in [1.54, 1.807) is 0 Å². The molecule has 0 unspecified atom stereocenters. The van der Waals surface area contributed by atoms with Crippen LogP contribution in [0.4, 0.5) is 0 Å². The maximum atomic E-state index is 7.64. The topological polar surface area (TPSA) is 29.5 Å². The van der Waals surface area contributed by atoms with Crippen molar-refractivity contribution < 1.29 is 10.1 Å². The molecule has 0 heterocycles. The Kier molecular flexibility index (Phi) is 2.15. The highest BCUT2D eigenvalue weighted by atomic mass is 35.5. The molecule has 4 heteroatoms. The van der Waals surface area contributed by atoms with E-state index in [-0.39, 0.29) is 0 Å². The van der Waals surface area contributed by atoms with E-state index >= 15 is 0 Å². The van der Waals surface area contributed by atoms with Crippen LogP contribution >= 0.6 is 23.2 Å². The van der Waals surface area contributed by atoms with Gasteiger partial charge < -0.3 is 0 Å². The van der Waals surface area contributed by atoms with Crippen LogP contribution in [0.1, 0.15) is 6.92 Å². The summed E-state index contributed by atoms with van der Waals surface area (Å²) in [5, 5.41) is 7.64. The predicted octanol–water partition coefficient (Wildman–Crippen LogP) is 1.63. The highest BCUT2D eigenvalue weighted by molar-refractivity contribution is 6.46. The van der Waals surface area contributed by atoms with Gasteiger partial charge in [-0.3, -0.25) is 0 Å². The molecule has 0 spiro atoms. The highest BCUT2D eigenvalue weighted by Gasteiger charge is 2.14. The second kappa shape index (κ2) is 1.98. The van der Waals surface area contributed by atoms with Crippen molar-refractivity contribution in [2.24, 2.45) is 0 Å². The molecular weight excluding hydrogens is 127 g/mol. The zero-order chi connectivity index (χ0) is 5.21. The van der Waals surface area contributed by atoms with E-state index < -0.39 is 4.52 Å². The Balaban J connectivity index is 3.17. The van der Waals surface area contributed by atoms with Crippen molar-refractivity contribution in [1.29, 1.82) is 0 Å². The number of halogens is 2. The first-order valence-corrected chi connectivity index (χ1v) is 2.02. The molecule has 0 aromatic heterocycles. The number of alkyl halides is 2. The number of hydrogen-bond acceptors (Lipinski definition) is 2. The second-order valence-corrected chi connectivity index (χ2v) is 2.54. The average Bonchev–Trinajstić information content (AvgIpc) is 1.35. The van der Waals surface area contributed by atoms with Gasteiger partial charge in [-0.25, -0.2) is 5.26 Å². The zero-order valence-electron chi connectivity index (χ0n) is 3.11. The van der Waals surface area contributed by atoms with E-state index in [2.05, 4.69) is 4.89 Å². The highest BCUT2D eigenvalue weighted by Crippen LogP contribution is 2.18. The third-order valence-electron chi connectivity index (χ3n) is 0.160. The van der Waals surface area contributed by atoms with Crippen LogP contribution in [0.15, 0.2) is 0 Å². The first kappa shape index (κ1) is 6.50. The maximum Gasteiger partial charge on any atom is 0.246 e. The maximum absolute atomic E-state index is 7.64. The van der Waals surface area contributed by atoms with Crippen LogP contribution in [0.2, 0.25) is 0 Å². The van der Waals surface area contributed by atoms with Crippen molar-refractivity contribution in [2.75, 3.05) is 0 Å². The summed E-state index contributed by atoms with van der Waals surface area (Å²) in [6, 6.07) is 0. The van der Waals surface area contributed by atoms with Gasteiger partial charge in [-0.15, -0.1) is 0 Å².